The molecule has 0 bridgehead atoms. The van der Waals surface area contributed by atoms with Crippen LogP contribution >= 0.6 is 12.4 Å². The van der Waals surface area contributed by atoms with E-state index in [0.717, 1.165) is 98.4 Å². The topological polar surface area (TPSA) is 77.9 Å². The Kier molecular flexibility index (Phi) is 9.65. The molecule has 8 nitrogen and oxygen atoms in total. The van der Waals surface area contributed by atoms with Crippen molar-refractivity contribution >= 4 is 23.2 Å². The number of hydrogen-bond acceptors (Lipinski definition) is 7. The van der Waals surface area contributed by atoms with E-state index in [-0.39, 0.29) is 18.0 Å². The number of halogens is 1. The van der Waals surface area contributed by atoms with Crippen LogP contribution in [0.5, 0.6) is 11.5 Å². The first-order chi connectivity index (χ1) is 18.1. The van der Waals surface area contributed by atoms with Crippen molar-refractivity contribution in [3.05, 3.63) is 52.7 Å². The fraction of sp³-hybridized carbons (Fsp3) is 0.517. The summed E-state index contributed by atoms with van der Waals surface area (Å²) in [5.74, 6) is 1.60. The number of ether oxygens (including phenoxy) is 3. The molecule has 0 spiro atoms. The number of rotatable bonds is 8. The van der Waals surface area contributed by atoms with Crippen LogP contribution in [0.25, 0.3) is 21.9 Å². The van der Waals surface area contributed by atoms with Gasteiger partial charge in [0.25, 0.3) is 5.56 Å². The van der Waals surface area contributed by atoms with Gasteiger partial charge in [-0.3, -0.25) is 9.78 Å². The van der Waals surface area contributed by atoms with Crippen LogP contribution in [0.2, 0.25) is 0 Å². The Morgan fingerprint density at radius 2 is 1.66 bits per heavy atom. The van der Waals surface area contributed by atoms with Gasteiger partial charge in [-0.05, 0) is 74.3 Å². The summed E-state index contributed by atoms with van der Waals surface area (Å²) in [5, 5.41) is 4.87. The summed E-state index contributed by atoms with van der Waals surface area (Å²) in [6.07, 6.45) is 11.3. The highest BCUT2D eigenvalue weighted by atomic mass is 35.5. The Morgan fingerprint density at radius 1 is 1.00 bits per heavy atom. The van der Waals surface area contributed by atoms with Gasteiger partial charge in [0, 0.05) is 56.4 Å². The molecular formula is C29H39ClN4O4. The lowest BCUT2D eigenvalue weighted by Gasteiger charge is -2.35. The molecule has 2 fully saturated rings. The summed E-state index contributed by atoms with van der Waals surface area (Å²) in [4.78, 5) is 19.3. The Balaban J connectivity index is 0.00000336. The van der Waals surface area contributed by atoms with E-state index in [2.05, 4.69) is 27.3 Å². The van der Waals surface area contributed by atoms with Gasteiger partial charge in [0.05, 0.1) is 31.8 Å². The van der Waals surface area contributed by atoms with Crippen LogP contribution < -0.4 is 20.3 Å². The van der Waals surface area contributed by atoms with Gasteiger partial charge in [0.1, 0.15) is 11.5 Å². The Bertz CT molecular complexity index is 1260. The van der Waals surface area contributed by atoms with E-state index in [1.54, 1.807) is 38.2 Å². The fourth-order valence-corrected chi connectivity index (χ4v) is 5.67. The van der Waals surface area contributed by atoms with Crippen molar-refractivity contribution in [2.45, 2.75) is 44.3 Å². The fourth-order valence-electron chi connectivity index (χ4n) is 5.67. The van der Waals surface area contributed by atoms with Crippen molar-refractivity contribution < 1.29 is 14.2 Å². The number of methoxy groups -OCH3 is 2. The summed E-state index contributed by atoms with van der Waals surface area (Å²) < 4.78 is 19.7. The van der Waals surface area contributed by atoms with E-state index >= 15 is 0 Å². The van der Waals surface area contributed by atoms with E-state index in [1.807, 2.05) is 12.3 Å². The van der Waals surface area contributed by atoms with Gasteiger partial charge < -0.3 is 29.0 Å². The first-order valence-electron chi connectivity index (χ1n) is 13.3. The summed E-state index contributed by atoms with van der Waals surface area (Å²) in [6, 6.07) is 5.99. The van der Waals surface area contributed by atoms with Gasteiger partial charge in [-0.15, -0.1) is 12.4 Å². The highest BCUT2D eigenvalue weighted by Gasteiger charge is 2.24. The molecule has 0 unspecified atom stereocenters. The highest BCUT2D eigenvalue weighted by molar-refractivity contribution is 5.95. The van der Waals surface area contributed by atoms with Crippen molar-refractivity contribution in [2.24, 2.45) is 7.05 Å². The molecule has 5 rings (SSSR count). The second-order valence-corrected chi connectivity index (χ2v) is 10.1. The second kappa shape index (κ2) is 12.9. The Labute approximate surface area is 230 Å². The third-order valence-corrected chi connectivity index (χ3v) is 7.79. The molecule has 0 radical (unpaired) electrons. The summed E-state index contributed by atoms with van der Waals surface area (Å²) in [5.41, 5.74) is 2.89. The maximum Gasteiger partial charge on any atom is 0.259 e. The molecule has 2 aromatic heterocycles. The first-order valence-corrected chi connectivity index (χ1v) is 13.3. The third kappa shape index (κ3) is 6.15. The van der Waals surface area contributed by atoms with Gasteiger partial charge in [0.2, 0.25) is 0 Å². The molecule has 0 saturated carbocycles. The van der Waals surface area contributed by atoms with Crippen LogP contribution in [-0.2, 0) is 18.2 Å². The lowest BCUT2D eigenvalue weighted by atomic mass is 9.97. The first kappa shape index (κ1) is 28.4. The lowest BCUT2D eigenvalue weighted by molar-refractivity contribution is -0.0529. The van der Waals surface area contributed by atoms with Gasteiger partial charge in [0.15, 0.2) is 0 Å². The van der Waals surface area contributed by atoms with Crippen LogP contribution in [-0.4, -0.2) is 73.6 Å². The quantitative estimate of drug-likeness (QED) is 0.463. The number of pyridine rings is 2. The molecule has 2 aliphatic heterocycles. The molecule has 38 heavy (non-hydrogen) atoms. The van der Waals surface area contributed by atoms with Gasteiger partial charge in [-0.25, -0.2) is 0 Å². The van der Waals surface area contributed by atoms with Gasteiger partial charge in [-0.1, -0.05) is 0 Å². The number of aryl methyl sites for hydroxylation is 1. The summed E-state index contributed by atoms with van der Waals surface area (Å²) >= 11 is 0. The molecule has 4 heterocycles. The monoisotopic (exact) mass is 542 g/mol. The van der Waals surface area contributed by atoms with E-state index in [0.29, 0.717) is 17.6 Å². The zero-order valence-corrected chi connectivity index (χ0v) is 23.4. The normalized spacial score (nSPS) is 17.3. The zero-order chi connectivity index (χ0) is 25.8. The number of piperidine rings is 2. The van der Waals surface area contributed by atoms with Crippen LogP contribution in [0.3, 0.4) is 0 Å². The molecule has 2 saturated heterocycles. The van der Waals surface area contributed by atoms with E-state index in [4.69, 9.17) is 14.2 Å². The molecule has 9 heteroatoms. The summed E-state index contributed by atoms with van der Waals surface area (Å²) in [6.45, 7) is 5.19. The maximum atomic E-state index is 12.6. The number of likely N-dealkylation sites (tertiary alicyclic amines) is 1. The number of nitrogens with one attached hydrogen (secondary N) is 1. The third-order valence-electron chi connectivity index (χ3n) is 7.79. The number of nitrogens with zero attached hydrogens (tertiary/aromatic N) is 3. The molecule has 2 aliphatic rings. The predicted molar refractivity (Wildman–Crippen MR) is 153 cm³/mol. The smallest absolute Gasteiger partial charge is 0.259 e. The standard InChI is InChI=1S/C29H38N4O4.ClH/c1-32-19-26(23-6-12-31-18-25(23)29(32)34)20-16-27(35-2)24(28(17-20)36-3)9-15-33-13-7-22(8-14-33)37-21-4-10-30-11-5-21;/h6,12,16-19,21-22,30H,4-5,7-11,13-15H2,1-3H3;1H. The predicted octanol–water partition coefficient (Wildman–Crippen LogP) is 3.82. The molecule has 3 aromatic rings. The minimum absolute atomic E-state index is 0. The van der Waals surface area contributed by atoms with E-state index in [1.165, 1.54) is 0 Å². The average Bonchev–Trinajstić information content (AvgIpc) is 2.94. The van der Waals surface area contributed by atoms with Crippen LogP contribution in [0.15, 0.2) is 41.6 Å². The SMILES string of the molecule is COc1cc(-c2cn(C)c(=O)c3cnccc23)cc(OC)c1CCN1CCC(OC2CCNCC2)CC1.Cl. The second-order valence-electron chi connectivity index (χ2n) is 10.1. The van der Waals surface area contributed by atoms with Crippen molar-refractivity contribution in [2.75, 3.05) is 46.9 Å². The van der Waals surface area contributed by atoms with Crippen LogP contribution in [0.4, 0.5) is 0 Å². The van der Waals surface area contributed by atoms with E-state index < -0.39 is 0 Å². The highest BCUT2D eigenvalue weighted by Crippen LogP contribution is 2.37. The molecule has 0 atom stereocenters. The van der Waals surface area contributed by atoms with Gasteiger partial charge in [-0.2, -0.15) is 0 Å². The number of aromatic nitrogens is 2. The average molecular weight is 543 g/mol. The zero-order valence-electron chi connectivity index (χ0n) is 22.6. The van der Waals surface area contributed by atoms with Crippen LogP contribution in [0, 0.1) is 0 Å². The van der Waals surface area contributed by atoms with E-state index in [9.17, 15) is 4.79 Å². The summed E-state index contributed by atoms with van der Waals surface area (Å²) in [7, 11) is 5.17. The van der Waals surface area contributed by atoms with Crippen molar-refractivity contribution in [3.8, 4) is 22.6 Å². The van der Waals surface area contributed by atoms with Gasteiger partial charge >= 0.3 is 0 Å². The van der Waals surface area contributed by atoms with Crippen molar-refractivity contribution in [3.63, 3.8) is 0 Å². The molecule has 0 aliphatic carbocycles. The molecule has 1 aromatic carbocycles. The molecule has 1 N–H and O–H groups in total. The lowest BCUT2D eigenvalue weighted by Crippen LogP contribution is -2.41. The van der Waals surface area contributed by atoms with Crippen molar-refractivity contribution in [1.29, 1.82) is 0 Å². The number of fused-ring (bicyclic) bond motifs is 1. The molecular weight excluding hydrogens is 504 g/mol. The van der Waals surface area contributed by atoms with Crippen molar-refractivity contribution in [1.82, 2.24) is 19.8 Å². The molecule has 206 valence electrons. The maximum absolute atomic E-state index is 12.6. The largest absolute Gasteiger partial charge is 0.496 e. The molecule has 0 amide bonds. The Morgan fingerprint density at radius 3 is 2.32 bits per heavy atom. The minimum atomic E-state index is -0.0627. The Hall–Kier alpha value is -2.65. The number of hydrogen-bond donors (Lipinski definition) is 1. The minimum Gasteiger partial charge on any atom is -0.496 e. The van der Waals surface area contributed by atoms with Crippen LogP contribution in [0.1, 0.15) is 31.2 Å². The number of benzene rings is 1.